The van der Waals surface area contributed by atoms with E-state index >= 15 is 0 Å². The quantitative estimate of drug-likeness (QED) is 0.866. The number of ether oxygens (including phenoxy) is 1. The van der Waals surface area contributed by atoms with Gasteiger partial charge in [-0.25, -0.2) is 4.98 Å². The SMILES string of the molecule is O=C(/C=C/c1ccccc1Cl)Nc1ccc(N2CCOCC2)nc1. The van der Waals surface area contributed by atoms with Crippen LogP contribution in [0.1, 0.15) is 5.56 Å². The molecular formula is C18H18ClN3O2. The van der Waals surface area contributed by atoms with Crippen LogP contribution >= 0.6 is 11.6 Å². The molecule has 1 aliphatic heterocycles. The molecule has 0 atom stereocenters. The molecule has 1 N–H and O–H groups in total. The Morgan fingerprint density at radius 2 is 2.00 bits per heavy atom. The van der Waals surface area contributed by atoms with E-state index in [1.807, 2.05) is 30.3 Å². The number of carbonyl (C=O) groups is 1. The minimum Gasteiger partial charge on any atom is -0.378 e. The monoisotopic (exact) mass is 343 g/mol. The van der Waals surface area contributed by atoms with Gasteiger partial charge in [0.2, 0.25) is 5.91 Å². The zero-order valence-corrected chi connectivity index (χ0v) is 13.9. The van der Waals surface area contributed by atoms with E-state index in [1.54, 1.807) is 18.3 Å². The third-order valence-corrected chi connectivity index (χ3v) is 4.01. The molecule has 124 valence electrons. The predicted octanol–water partition coefficient (Wildman–Crippen LogP) is 3.22. The van der Waals surface area contributed by atoms with Crippen LogP contribution in [0, 0.1) is 0 Å². The Bertz CT molecular complexity index is 725. The molecule has 1 aromatic carbocycles. The first-order chi connectivity index (χ1) is 11.7. The van der Waals surface area contributed by atoms with Gasteiger partial charge in [-0.2, -0.15) is 0 Å². The van der Waals surface area contributed by atoms with Crippen molar-refractivity contribution < 1.29 is 9.53 Å². The van der Waals surface area contributed by atoms with E-state index in [9.17, 15) is 4.79 Å². The van der Waals surface area contributed by atoms with Gasteiger partial charge in [0.1, 0.15) is 5.82 Å². The lowest BCUT2D eigenvalue weighted by molar-refractivity contribution is -0.111. The van der Waals surface area contributed by atoms with Gasteiger partial charge in [0.25, 0.3) is 0 Å². The van der Waals surface area contributed by atoms with E-state index < -0.39 is 0 Å². The van der Waals surface area contributed by atoms with Gasteiger partial charge in [-0.15, -0.1) is 0 Å². The maximum absolute atomic E-state index is 12.0. The van der Waals surface area contributed by atoms with Gasteiger partial charge in [0.05, 0.1) is 25.1 Å². The summed E-state index contributed by atoms with van der Waals surface area (Å²) in [6, 6.07) is 11.1. The Balaban J connectivity index is 1.59. The normalized spacial score (nSPS) is 14.8. The van der Waals surface area contributed by atoms with Gasteiger partial charge < -0.3 is 15.0 Å². The molecule has 3 rings (SSSR count). The molecule has 0 bridgehead atoms. The first-order valence-corrected chi connectivity index (χ1v) is 8.12. The van der Waals surface area contributed by atoms with Crippen LogP contribution in [0.4, 0.5) is 11.5 Å². The highest BCUT2D eigenvalue weighted by Crippen LogP contribution is 2.17. The number of rotatable bonds is 4. The van der Waals surface area contributed by atoms with Gasteiger partial charge >= 0.3 is 0 Å². The Morgan fingerprint density at radius 1 is 1.21 bits per heavy atom. The topological polar surface area (TPSA) is 54.5 Å². The van der Waals surface area contributed by atoms with E-state index in [2.05, 4.69) is 15.2 Å². The van der Waals surface area contributed by atoms with Crippen LogP contribution in [0.3, 0.4) is 0 Å². The van der Waals surface area contributed by atoms with Gasteiger partial charge in [-0.1, -0.05) is 29.8 Å². The van der Waals surface area contributed by atoms with Crippen LogP contribution in [0.25, 0.3) is 6.08 Å². The van der Waals surface area contributed by atoms with Crippen molar-refractivity contribution in [3.63, 3.8) is 0 Å². The van der Waals surface area contributed by atoms with Crippen molar-refractivity contribution in [3.05, 3.63) is 59.3 Å². The van der Waals surface area contributed by atoms with E-state index in [-0.39, 0.29) is 5.91 Å². The first kappa shape index (κ1) is 16.5. The van der Waals surface area contributed by atoms with Gasteiger partial charge in [0, 0.05) is 24.2 Å². The average Bonchev–Trinajstić information content (AvgIpc) is 2.62. The fourth-order valence-corrected chi connectivity index (χ4v) is 2.60. The number of nitrogens with one attached hydrogen (secondary N) is 1. The van der Waals surface area contributed by atoms with Crippen LogP contribution in [-0.4, -0.2) is 37.2 Å². The summed E-state index contributed by atoms with van der Waals surface area (Å²) in [5.41, 5.74) is 1.45. The minimum absolute atomic E-state index is 0.226. The summed E-state index contributed by atoms with van der Waals surface area (Å²) in [5.74, 6) is 0.666. The Morgan fingerprint density at radius 3 is 2.71 bits per heavy atom. The second-order valence-electron chi connectivity index (χ2n) is 5.35. The number of amides is 1. The molecule has 2 heterocycles. The zero-order chi connectivity index (χ0) is 16.8. The summed E-state index contributed by atoms with van der Waals surface area (Å²) < 4.78 is 5.33. The molecule has 2 aromatic rings. The van der Waals surface area contributed by atoms with Crippen molar-refractivity contribution in [1.29, 1.82) is 0 Å². The fourth-order valence-electron chi connectivity index (χ4n) is 2.40. The molecule has 0 saturated carbocycles. The van der Waals surface area contributed by atoms with Crippen molar-refractivity contribution in [3.8, 4) is 0 Å². The Hall–Kier alpha value is -2.37. The number of hydrogen-bond acceptors (Lipinski definition) is 4. The molecule has 1 fully saturated rings. The lowest BCUT2D eigenvalue weighted by Gasteiger charge is -2.27. The van der Waals surface area contributed by atoms with Crippen LogP contribution < -0.4 is 10.2 Å². The van der Waals surface area contributed by atoms with Crippen molar-refractivity contribution in [2.24, 2.45) is 0 Å². The Labute approximate surface area is 145 Å². The lowest BCUT2D eigenvalue weighted by atomic mass is 10.2. The smallest absolute Gasteiger partial charge is 0.248 e. The van der Waals surface area contributed by atoms with Gasteiger partial charge in [-0.05, 0) is 29.8 Å². The summed E-state index contributed by atoms with van der Waals surface area (Å²) in [6.45, 7) is 3.10. The molecule has 5 nitrogen and oxygen atoms in total. The summed E-state index contributed by atoms with van der Waals surface area (Å²) in [6.07, 6.45) is 4.80. The number of nitrogens with zero attached hydrogens (tertiary/aromatic N) is 2. The van der Waals surface area contributed by atoms with Crippen molar-refractivity contribution in [1.82, 2.24) is 4.98 Å². The molecule has 1 aliphatic rings. The number of carbonyl (C=O) groups excluding carboxylic acids is 1. The molecule has 24 heavy (non-hydrogen) atoms. The van der Waals surface area contributed by atoms with Gasteiger partial charge in [0.15, 0.2) is 0 Å². The highest BCUT2D eigenvalue weighted by atomic mass is 35.5. The minimum atomic E-state index is -0.226. The van der Waals surface area contributed by atoms with Crippen LogP contribution in [0.2, 0.25) is 5.02 Å². The second kappa shape index (κ2) is 7.95. The molecular weight excluding hydrogens is 326 g/mol. The standard InChI is InChI=1S/C18H18ClN3O2/c19-16-4-2-1-3-14(16)5-8-18(23)21-15-6-7-17(20-13-15)22-9-11-24-12-10-22/h1-8,13H,9-12H2,(H,21,23)/b8-5+. The summed E-state index contributed by atoms with van der Waals surface area (Å²) >= 11 is 6.05. The van der Waals surface area contributed by atoms with E-state index in [0.29, 0.717) is 23.9 Å². The second-order valence-corrected chi connectivity index (χ2v) is 5.76. The Kier molecular flexibility index (Phi) is 5.46. The number of halogens is 1. The van der Waals surface area contributed by atoms with Crippen molar-refractivity contribution in [2.75, 3.05) is 36.5 Å². The van der Waals surface area contributed by atoms with Crippen molar-refractivity contribution in [2.45, 2.75) is 0 Å². The fraction of sp³-hybridized carbons (Fsp3) is 0.222. The molecule has 0 radical (unpaired) electrons. The number of pyridine rings is 1. The molecule has 0 aliphatic carbocycles. The third-order valence-electron chi connectivity index (χ3n) is 3.67. The van der Waals surface area contributed by atoms with Crippen LogP contribution in [-0.2, 0) is 9.53 Å². The van der Waals surface area contributed by atoms with Gasteiger partial charge in [-0.3, -0.25) is 4.79 Å². The lowest BCUT2D eigenvalue weighted by Crippen LogP contribution is -2.36. The molecule has 1 aromatic heterocycles. The zero-order valence-electron chi connectivity index (χ0n) is 13.1. The number of morpholine rings is 1. The molecule has 1 saturated heterocycles. The third kappa shape index (κ3) is 4.34. The van der Waals surface area contributed by atoms with E-state index in [0.717, 1.165) is 24.5 Å². The maximum Gasteiger partial charge on any atom is 0.248 e. The number of aromatic nitrogens is 1. The molecule has 1 amide bonds. The summed E-state index contributed by atoms with van der Waals surface area (Å²) in [4.78, 5) is 18.5. The first-order valence-electron chi connectivity index (χ1n) is 7.75. The highest BCUT2D eigenvalue weighted by Gasteiger charge is 2.12. The number of anilines is 2. The largest absolute Gasteiger partial charge is 0.378 e. The van der Waals surface area contributed by atoms with Crippen molar-refractivity contribution >= 4 is 35.1 Å². The average molecular weight is 344 g/mol. The maximum atomic E-state index is 12.0. The molecule has 6 heteroatoms. The van der Waals surface area contributed by atoms with Crippen LogP contribution in [0.15, 0.2) is 48.7 Å². The summed E-state index contributed by atoms with van der Waals surface area (Å²) in [7, 11) is 0. The van der Waals surface area contributed by atoms with E-state index in [4.69, 9.17) is 16.3 Å². The number of hydrogen-bond donors (Lipinski definition) is 1. The highest BCUT2D eigenvalue weighted by molar-refractivity contribution is 6.32. The number of benzene rings is 1. The van der Waals surface area contributed by atoms with Crippen LogP contribution in [0.5, 0.6) is 0 Å². The predicted molar refractivity (Wildman–Crippen MR) is 96.4 cm³/mol. The summed E-state index contributed by atoms with van der Waals surface area (Å²) in [5, 5.41) is 3.40. The van der Waals surface area contributed by atoms with E-state index in [1.165, 1.54) is 6.08 Å². The molecule has 0 spiro atoms. The molecule has 0 unspecified atom stereocenters.